The predicted molar refractivity (Wildman–Crippen MR) is 116 cm³/mol. The van der Waals surface area contributed by atoms with Gasteiger partial charge in [-0.2, -0.15) is 0 Å². The molecule has 7 heteroatoms. The fraction of sp³-hybridized carbons (Fsp3) is 0.208. The number of nitrogens with one attached hydrogen (secondary N) is 1. The van der Waals surface area contributed by atoms with Crippen molar-refractivity contribution in [1.29, 1.82) is 0 Å². The van der Waals surface area contributed by atoms with Gasteiger partial charge in [-0.3, -0.25) is 19.3 Å². The van der Waals surface area contributed by atoms with Gasteiger partial charge in [0.2, 0.25) is 11.8 Å². The number of hydrogen-bond donors (Lipinski definition) is 1. The van der Waals surface area contributed by atoms with Crippen LogP contribution in [0.5, 0.6) is 0 Å². The van der Waals surface area contributed by atoms with Crippen molar-refractivity contribution in [3.8, 4) is 0 Å². The van der Waals surface area contributed by atoms with E-state index in [1.165, 1.54) is 22.9 Å². The molecule has 31 heavy (non-hydrogen) atoms. The van der Waals surface area contributed by atoms with E-state index < -0.39 is 17.8 Å². The number of benzene rings is 3. The molecule has 4 rings (SSSR count). The molecule has 0 bridgehead atoms. The van der Waals surface area contributed by atoms with E-state index in [4.69, 9.17) is 0 Å². The second-order valence-electron chi connectivity index (χ2n) is 7.48. The first-order valence-corrected chi connectivity index (χ1v) is 10.0. The quantitative estimate of drug-likeness (QED) is 0.668. The molecule has 3 amide bonds. The minimum absolute atomic E-state index is 0.0841. The van der Waals surface area contributed by atoms with E-state index in [2.05, 4.69) is 5.32 Å². The van der Waals surface area contributed by atoms with Crippen LogP contribution in [0.4, 0.5) is 10.1 Å². The molecule has 1 aliphatic heterocycles. The lowest BCUT2D eigenvalue weighted by molar-refractivity contribution is -0.139. The molecule has 0 aromatic heterocycles. The van der Waals surface area contributed by atoms with E-state index in [1.54, 1.807) is 37.3 Å². The Morgan fingerprint density at radius 3 is 2.48 bits per heavy atom. The molecular weight excluding hydrogens is 397 g/mol. The van der Waals surface area contributed by atoms with E-state index in [0.29, 0.717) is 16.8 Å². The lowest BCUT2D eigenvalue weighted by atomic mass is 10.1. The number of halogens is 1. The van der Waals surface area contributed by atoms with Crippen LogP contribution in [0.3, 0.4) is 0 Å². The second-order valence-corrected chi connectivity index (χ2v) is 7.48. The summed E-state index contributed by atoms with van der Waals surface area (Å²) in [6.45, 7) is 1.25. The van der Waals surface area contributed by atoms with Crippen LogP contribution < -0.4 is 10.2 Å². The Bertz CT molecular complexity index is 1190. The van der Waals surface area contributed by atoms with Gasteiger partial charge in [0.05, 0.1) is 5.69 Å². The highest BCUT2D eigenvalue weighted by Crippen LogP contribution is 2.37. The van der Waals surface area contributed by atoms with Crippen LogP contribution in [-0.4, -0.2) is 42.3 Å². The highest BCUT2D eigenvalue weighted by Gasteiger charge is 2.34. The monoisotopic (exact) mass is 419 g/mol. The first kappa shape index (κ1) is 20.5. The van der Waals surface area contributed by atoms with E-state index in [9.17, 15) is 18.8 Å². The van der Waals surface area contributed by atoms with Crippen LogP contribution in [0.1, 0.15) is 22.8 Å². The Labute approximate surface area is 179 Å². The summed E-state index contributed by atoms with van der Waals surface area (Å²) in [6.07, 6.45) is 0. The fourth-order valence-electron chi connectivity index (χ4n) is 3.96. The predicted octanol–water partition coefficient (Wildman–Crippen LogP) is 3.10. The summed E-state index contributed by atoms with van der Waals surface area (Å²) in [4.78, 5) is 41.4. The van der Waals surface area contributed by atoms with Crippen molar-refractivity contribution < 1.29 is 18.8 Å². The molecule has 0 radical (unpaired) electrons. The van der Waals surface area contributed by atoms with Crippen molar-refractivity contribution in [2.75, 3.05) is 18.5 Å². The zero-order valence-corrected chi connectivity index (χ0v) is 17.3. The summed E-state index contributed by atoms with van der Waals surface area (Å²) in [5, 5.41) is 4.25. The molecule has 0 unspecified atom stereocenters. The molecule has 1 N–H and O–H groups in total. The highest BCUT2D eigenvalue weighted by molar-refractivity contribution is 6.26. The summed E-state index contributed by atoms with van der Waals surface area (Å²) >= 11 is 0. The van der Waals surface area contributed by atoms with Crippen LogP contribution in [0.15, 0.2) is 60.7 Å². The summed E-state index contributed by atoms with van der Waals surface area (Å²) in [5.74, 6) is -1.54. The number of amides is 3. The van der Waals surface area contributed by atoms with Gasteiger partial charge in [-0.25, -0.2) is 4.39 Å². The van der Waals surface area contributed by atoms with Gasteiger partial charge < -0.3 is 10.2 Å². The van der Waals surface area contributed by atoms with Gasteiger partial charge in [0, 0.05) is 30.1 Å². The Balaban J connectivity index is 1.65. The normalized spacial score (nSPS) is 13.4. The number of likely N-dealkylation sites (N-methyl/N-ethyl adjacent to an activating group) is 1. The molecule has 1 heterocycles. The SMILES string of the molecule is CNC(=O)[C@H](C)N(Cc1ccccc1F)C(=O)CN1C(=O)c2cccc3cccc1c23. The van der Waals surface area contributed by atoms with Gasteiger partial charge in [0.25, 0.3) is 5.91 Å². The van der Waals surface area contributed by atoms with Gasteiger partial charge in [0.15, 0.2) is 0 Å². The summed E-state index contributed by atoms with van der Waals surface area (Å²) in [6, 6.07) is 16.3. The van der Waals surface area contributed by atoms with Crippen molar-refractivity contribution in [3.63, 3.8) is 0 Å². The molecule has 0 saturated heterocycles. The first-order chi connectivity index (χ1) is 14.9. The smallest absolute Gasteiger partial charge is 0.259 e. The zero-order chi connectivity index (χ0) is 22.1. The largest absolute Gasteiger partial charge is 0.357 e. The third kappa shape index (κ3) is 3.63. The molecular formula is C24H22FN3O3. The lowest BCUT2D eigenvalue weighted by Gasteiger charge is -2.30. The van der Waals surface area contributed by atoms with Crippen LogP contribution in [0, 0.1) is 5.82 Å². The Hall–Kier alpha value is -3.74. The highest BCUT2D eigenvalue weighted by atomic mass is 19.1. The maximum atomic E-state index is 14.3. The van der Waals surface area contributed by atoms with Gasteiger partial charge in [-0.05, 0) is 30.5 Å². The number of nitrogens with zero attached hydrogens (tertiary/aromatic N) is 2. The van der Waals surface area contributed by atoms with Crippen LogP contribution >= 0.6 is 0 Å². The average Bonchev–Trinajstić information content (AvgIpc) is 3.05. The van der Waals surface area contributed by atoms with E-state index in [-0.39, 0.29) is 24.9 Å². The molecule has 1 aliphatic rings. The van der Waals surface area contributed by atoms with Gasteiger partial charge >= 0.3 is 0 Å². The molecule has 3 aromatic rings. The zero-order valence-electron chi connectivity index (χ0n) is 17.3. The van der Waals surface area contributed by atoms with Crippen molar-refractivity contribution >= 4 is 34.2 Å². The Kier molecular flexibility index (Phi) is 5.42. The third-order valence-electron chi connectivity index (χ3n) is 5.65. The number of hydrogen-bond acceptors (Lipinski definition) is 3. The maximum Gasteiger partial charge on any atom is 0.259 e. The van der Waals surface area contributed by atoms with Crippen LogP contribution in [-0.2, 0) is 16.1 Å². The Morgan fingerprint density at radius 2 is 1.77 bits per heavy atom. The van der Waals surface area contributed by atoms with Gasteiger partial charge in [0.1, 0.15) is 18.4 Å². The average molecular weight is 419 g/mol. The van der Waals surface area contributed by atoms with E-state index >= 15 is 0 Å². The molecule has 0 spiro atoms. The van der Waals surface area contributed by atoms with Crippen molar-refractivity contribution in [2.45, 2.75) is 19.5 Å². The summed E-state index contributed by atoms with van der Waals surface area (Å²) < 4.78 is 14.3. The Morgan fingerprint density at radius 1 is 1.06 bits per heavy atom. The van der Waals surface area contributed by atoms with E-state index in [1.807, 2.05) is 24.3 Å². The summed E-state index contributed by atoms with van der Waals surface area (Å²) in [7, 11) is 1.48. The van der Waals surface area contributed by atoms with Crippen molar-refractivity contribution in [2.24, 2.45) is 0 Å². The van der Waals surface area contributed by atoms with Crippen LogP contribution in [0.25, 0.3) is 10.8 Å². The molecule has 1 atom stereocenters. The van der Waals surface area contributed by atoms with Crippen molar-refractivity contribution in [1.82, 2.24) is 10.2 Å². The summed E-state index contributed by atoms with van der Waals surface area (Å²) in [5.41, 5.74) is 1.50. The topological polar surface area (TPSA) is 69.7 Å². The first-order valence-electron chi connectivity index (χ1n) is 10.0. The number of carbonyl (C=O) groups is 3. The lowest BCUT2D eigenvalue weighted by Crippen LogP contribution is -2.50. The number of rotatable bonds is 6. The second kappa shape index (κ2) is 8.18. The molecule has 158 valence electrons. The molecule has 0 saturated carbocycles. The number of anilines is 1. The minimum atomic E-state index is -0.840. The van der Waals surface area contributed by atoms with Gasteiger partial charge in [-0.15, -0.1) is 0 Å². The van der Waals surface area contributed by atoms with Crippen molar-refractivity contribution in [3.05, 3.63) is 77.6 Å². The minimum Gasteiger partial charge on any atom is -0.357 e. The van der Waals surface area contributed by atoms with E-state index in [0.717, 1.165) is 10.8 Å². The fourth-order valence-corrected chi connectivity index (χ4v) is 3.96. The third-order valence-corrected chi connectivity index (χ3v) is 5.65. The van der Waals surface area contributed by atoms with Gasteiger partial charge in [-0.1, -0.05) is 42.5 Å². The molecule has 0 aliphatic carbocycles. The standard InChI is InChI=1S/C24H22FN3O3/c1-15(23(30)26-2)27(13-17-7-3-4-11-19(17)25)21(29)14-28-20-12-6-9-16-8-5-10-18(22(16)20)24(28)31/h3-12,15H,13-14H2,1-2H3,(H,26,30)/t15-/m0/s1. The maximum absolute atomic E-state index is 14.3. The molecule has 6 nitrogen and oxygen atoms in total. The van der Waals surface area contributed by atoms with Crippen LogP contribution in [0.2, 0.25) is 0 Å². The number of carbonyl (C=O) groups excluding carboxylic acids is 3. The molecule has 0 fully saturated rings. The molecule has 3 aromatic carbocycles.